The Kier molecular flexibility index (Phi) is 3.27. The van der Waals surface area contributed by atoms with Gasteiger partial charge in [-0.15, -0.1) is 0 Å². The topological polar surface area (TPSA) is 79.5 Å². The summed E-state index contributed by atoms with van der Waals surface area (Å²) in [4.78, 5) is 20.9. The Hall–Kier alpha value is -2.37. The Morgan fingerprint density at radius 3 is 2.89 bits per heavy atom. The second-order valence-electron chi connectivity index (χ2n) is 3.96. The van der Waals surface area contributed by atoms with Gasteiger partial charge in [-0.2, -0.15) is 0 Å². The summed E-state index contributed by atoms with van der Waals surface area (Å²) >= 11 is 0. The number of nitrogens with zero attached hydrogens (tertiary/aromatic N) is 3. The first-order valence-electron chi connectivity index (χ1n) is 5.37. The van der Waals surface area contributed by atoms with Crippen molar-refractivity contribution < 1.29 is 14.3 Å². The standard InChI is InChI=1S/C12H13N3O3/c1-8-10(11(16)17)5-13-12(14-8)15(2)6-9-3-4-18-7-9/h3-5,7H,6H2,1-2H3,(H,16,17). The molecule has 0 aliphatic carbocycles. The molecule has 2 aromatic heterocycles. The van der Waals surface area contributed by atoms with Crippen molar-refractivity contribution in [3.05, 3.63) is 41.6 Å². The number of aromatic carboxylic acids is 1. The fraction of sp³-hybridized carbons (Fsp3) is 0.250. The molecule has 0 aromatic carbocycles. The van der Waals surface area contributed by atoms with Gasteiger partial charge in [-0.3, -0.25) is 0 Å². The summed E-state index contributed by atoms with van der Waals surface area (Å²) in [7, 11) is 1.84. The molecule has 2 rings (SSSR count). The van der Waals surface area contributed by atoms with E-state index < -0.39 is 5.97 Å². The molecule has 1 N–H and O–H groups in total. The summed E-state index contributed by atoms with van der Waals surface area (Å²) in [5.74, 6) is -0.532. The predicted molar refractivity (Wildman–Crippen MR) is 64.5 cm³/mol. The van der Waals surface area contributed by atoms with E-state index in [0.29, 0.717) is 18.2 Å². The number of aromatic nitrogens is 2. The molecule has 0 aliphatic heterocycles. The van der Waals surface area contributed by atoms with E-state index in [4.69, 9.17) is 9.52 Å². The number of furan rings is 1. The number of carbonyl (C=O) groups is 1. The van der Waals surface area contributed by atoms with Crippen molar-refractivity contribution in [2.24, 2.45) is 0 Å². The van der Waals surface area contributed by atoms with Gasteiger partial charge in [-0.05, 0) is 13.0 Å². The van der Waals surface area contributed by atoms with E-state index in [1.807, 2.05) is 18.0 Å². The van der Waals surface area contributed by atoms with Gasteiger partial charge in [0.1, 0.15) is 0 Å². The second-order valence-corrected chi connectivity index (χ2v) is 3.96. The van der Waals surface area contributed by atoms with Gasteiger partial charge in [-0.1, -0.05) is 0 Å². The van der Waals surface area contributed by atoms with Gasteiger partial charge < -0.3 is 14.4 Å². The van der Waals surface area contributed by atoms with Crippen molar-refractivity contribution in [2.45, 2.75) is 13.5 Å². The predicted octanol–water partition coefficient (Wildman–Crippen LogP) is 1.71. The van der Waals surface area contributed by atoms with Crippen LogP contribution in [0.25, 0.3) is 0 Å². The summed E-state index contributed by atoms with van der Waals surface area (Å²) in [6, 6.07) is 1.86. The van der Waals surface area contributed by atoms with Crippen molar-refractivity contribution in [3.8, 4) is 0 Å². The van der Waals surface area contributed by atoms with Crippen LogP contribution in [0.4, 0.5) is 5.95 Å². The maximum Gasteiger partial charge on any atom is 0.339 e. The minimum Gasteiger partial charge on any atom is -0.478 e. The van der Waals surface area contributed by atoms with Gasteiger partial charge in [0.05, 0.1) is 23.8 Å². The third kappa shape index (κ3) is 2.48. The zero-order valence-corrected chi connectivity index (χ0v) is 10.1. The Bertz CT molecular complexity index is 552. The van der Waals surface area contributed by atoms with Crippen LogP contribution in [0.15, 0.2) is 29.2 Å². The molecule has 2 aromatic rings. The van der Waals surface area contributed by atoms with Crippen LogP contribution in [-0.2, 0) is 6.54 Å². The highest BCUT2D eigenvalue weighted by atomic mass is 16.4. The molecule has 0 spiro atoms. The lowest BCUT2D eigenvalue weighted by Gasteiger charge is -2.16. The summed E-state index contributed by atoms with van der Waals surface area (Å²) in [5.41, 5.74) is 1.57. The summed E-state index contributed by atoms with van der Waals surface area (Å²) in [6.45, 7) is 2.25. The van der Waals surface area contributed by atoms with E-state index in [2.05, 4.69) is 9.97 Å². The molecule has 0 saturated heterocycles. The molecule has 0 radical (unpaired) electrons. The molecule has 94 valence electrons. The average Bonchev–Trinajstić information content (AvgIpc) is 2.81. The van der Waals surface area contributed by atoms with Crippen molar-refractivity contribution in [2.75, 3.05) is 11.9 Å². The van der Waals surface area contributed by atoms with E-state index in [1.165, 1.54) is 6.20 Å². The van der Waals surface area contributed by atoms with E-state index in [9.17, 15) is 4.79 Å². The SMILES string of the molecule is Cc1nc(N(C)Cc2ccoc2)ncc1C(=O)O. The van der Waals surface area contributed by atoms with Crippen LogP contribution in [-0.4, -0.2) is 28.1 Å². The van der Waals surface area contributed by atoms with Gasteiger partial charge in [0.2, 0.25) is 5.95 Å². The largest absolute Gasteiger partial charge is 0.478 e. The molecule has 6 heteroatoms. The van der Waals surface area contributed by atoms with Crippen molar-refractivity contribution >= 4 is 11.9 Å². The zero-order chi connectivity index (χ0) is 13.1. The van der Waals surface area contributed by atoms with Crippen LogP contribution in [0, 0.1) is 6.92 Å². The first kappa shape index (κ1) is 12.1. The van der Waals surface area contributed by atoms with Crippen LogP contribution in [0.5, 0.6) is 0 Å². The third-order valence-electron chi connectivity index (χ3n) is 2.54. The Morgan fingerprint density at radius 1 is 1.56 bits per heavy atom. The highest BCUT2D eigenvalue weighted by Gasteiger charge is 2.12. The summed E-state index contributed by atoms with van der Waals surface area (Å²) in [5, 5.41) is 8.90. The number of carboxylic acids is 1. The van der Waals surface area contributed by atoms with Crippen molar-refractivity contribution in [1.82, 2.24) is 9.97 Å². The van der Waals surface area contributed by atoms with Crippen LogP contribution >= 0.6 is 0 Å². The monoisotopic (exact) mass is 247 g/mol. The van der Waals surface area contributed by atoms with Gasteiger partial charge >= 0.3 is 5.97 Å². The molecule has 0 atom stereocenters. The lowest BCUT2D eigenvalue weighted by molar-refractivity contribution is 0.0695. The maximum atomic E-state index is 10.9. The molecular weight excluding hydrogens is 234 g/mol. The number of rotatable bonds is 4. The highest BCUT2D eigenvalue weighted by molar-refractivity contribution is 5.88. The van der Waals surface area contributed by atoms with Crippen molar-refractivity contribution in [3.63, 3.8) is 0 Å². The van der Waals surface area contributed by atoms with E-state index in [-0.39, 0.29) is 5.56 Å². The number of carboxylic acid groups (broad SMARTS) is 1. The summed E-state index contributed by atoms with van der Waals surface area (Å²) < 4.78 is 4.98. The number of hydrogen-bond acceptors (Lipinski definition) is 5. The molecule has 0 fully saturated rings. The fourth-order valence-corrected chi connectivity index (χ4v) is 1.58. The minimum atomic E-state index is -1.02. The molecule has 0 unspecified atom stereocenters. The van der Waals surface area contributed by atoms with Crippen LogP contribution < -0.4 is 4.90 Å². The molecule has 0 amide bonds. The second kappa shape index (κ2) is 4.87. The molecular formula is C12H13N3O3. The fourth-order valence-electron chi connectivity index (χ4n) is 1.58. The van der Waals surface area contributed by atoms with Gasteiger partial charge in [-0.25, -0.2) is 14.8 Å². The van der Waals surface area contributed by atoms with Crippen molar-refractivity contribution in [1.29, 1.82) is 0 Å². The lowest BCUT2D eigenvalue weighted by atomic mass is 10.2. The quantitative estimate of drug-likeness (QED) is 0.886. The molecule has 0 bridgehead atoms. The number of anilines is 1. The van der Waals surface area contributed by atoms with Crippen LogP contribution in [0.1, 0.15) is 21.6 Å². The summed E-state index contributed by atoms with van der Waals surface area (Å²) in [6.07, 6.45) is 4.57. The zero-order valence-electron chi connectivity index (χ0n) is 10.1. The highest BCUT2D eigenvalue weighted by Crippen LogP contribution is 2.13. The van der Waals surface area contributed by atoms with E-state index >= 15 is 0 Å². The van der Waals surface area contributed by atoms with Gasteiger partial charge in [0.25, 0.3) is 0 Å². The normalized spacial score (nSPS) is 10.3. The van der Waals surface area contributed by atoms with Gasteiger partial charge in [0, 0.05) is 25.4 Å². The third-order valence-corrected chi connectivity index (χ3v) is 2.54. The number of hydrogen-bond donors (Lipinski definition) is 1. The molecule has 2 heterocycles. The van der Waals surface area contributed by atoms with Crippen LogP contribution in [0.3, 0.4) is 0 Å². The molecule has 0 aliphatic rings. The Labute approximate surface area is 104 Å². The van der Waals surface area contributed by atoms with E-state index in [0.717, 1.165) is 5.56 Å². The lowest BCUT2D eigenvalue weighted by Crippen LogP contribution is -2.20. The van der Waals surface area contributed by atoms with Crippen LogP contribution in [0.2, 0.25) is 0 Å². The first-order chi connectivity index (χ1) is 8.58. The minimum absolute atomic E-state index is 0.121. The first-order valence-corrected chi connectivity index (χ1v) is 5.37. The van der Waals surface area contributed by atoms with E-state index in [1.54, 1.807) is 19.5 Å². The molecule has 0 saturated carbocycles. The van der Waals surface area contributed by atoms with Gasteiger partial charge in [0.15, 0.2) is 0 Å². The smallest absolute Gasteiger partial charge is 0.339 e. The Balaban J connectivity index is 2.18. The molecule has 6 nitrogen and oxygen atoms in total. The maximum absolute atomic E-state index is 10.9. The molecule has 18 heavy (non-hydrogen) atoms. The Morgan fingerprint density at radius 2 is 2.33 bits per heavy atom. The average molecular weight is 247 g/mol. The number of aryl methyl sites for hydroxylation is 1.